The Labute approximate surface area is 229 Å². The number of para-hydroxylation sites is 1. The van der Waals surface area contributed by atoms with Gasteiger partial charge in [-0.3, -0.25) is 23.7 Å². The summed E-state index contributed by atoms with van der Waals surface area (Å²) < 4.78 is 38.7. The molecular formula is C25H31N6O8P. The van der Waals surface area contributed by atoms with E-state index < -0.39 is 30.7 Å². The van der Waals surface area contributed by atoms with Crippen molar-refractivity contribution in [2.45, 2.75) is 44.9 Å². The summed E-state index contributed by atoms with van der Waals surface area (Å²) >= 11 is 0. The lowest BCUT2D eigenvalue weighted by molar-refractivity contribution is -0.171. The van der Waals surface area contributed by atoms with E-state index in [4.69, 9.17) is 24.3 Å². The number of aromatic nitrogens is 4. The number of fused-ring (bicyclic) bond motifs is 1. The fourth-order valence-electron chi connectivity index (χ4n) is 4.34. The van der Waals surface area contributed by atoms with Crippen molar-refractivity contribution in [2.24, 2.45) is 5.41 Å². The number of nitrogens with zero attached hydrogens (tertiary/aromatic N) is 3. The number of imidazole rings is 1. The first-order chi connectivity index (χ1) is 19.2. The Kier molecular flexibility index (Phi) is 8.06. The molecule has 0 amide bonds. The Bertz CT molecular complexity index is 1500. The van der Waals surface area contributed by atoms with E-state index in [-0.39, 0.29) is 42.4 Å². The molecule has 1 saturated carbocycles. The van der Waals surface area contributed by atoms with E-state index in [1.54, 1.807) is 41.1 Å². The van der Waals surface area contributed by atoms with Gasteiger partial charge in [0.2, 0.25) is 5.95 Å². The topological polar surface area (TPSA) is 193 Å². The van der Waals surface area contributed by atoms with Crippen LogP contribution in [0.2, 0.25) is 0 Å². The summed E-state index contributed by atoms with van der Waals surface area (Å²) in [5.41, 5.74) is 5.80. The standard InChI is InChI=1S/C25H31N6O8P/c1-16(23(33)34)30-40(35,39-18-7-3-2-4-8-18)38-14-25(13-37-19-9-5-6-10-36-19)11-17(25)12-31-15-27-20-21(31)28-24(26)29-22(20)32/h2-4,7-8,12,15-16,19H,5-6,9-11,13-14H2,1H3,(H,30,35)(H,33,34)(H3,26,28,29,32)/b17-12-/t16-,19?,25-,40-/m0/s1. The van der Waals surface area contributed by atoms with Crippen molar-refractivity contribution in [1.82, 2.24) is 24.6 Å². The fourth-order valence-corrected chi connectivity index (χ4v) is 5.92. The Morgan fingerprint density at radius 1 is 1.38 bits per heavy atom. The highest BCUT2D eigenvalue weighted by Crippen LogP contribution is 2.56. The largest absolute Gasteiger partial charge is 0.480 e. The number of ether oxygens (including phenoxy) is 2. The van der Waals surface area contributed by atoms with Crippen LogP contribution in [-0.4, -0.2) is 62.7 Å². The van der Waals surface area contributed by atoms with Gasteiger partial charge in [-0.05, 0) is 50.3 Å². The summed E-state index contributed by atoms with van der Waals surface area (Å²) in [6.45, 7) is 2.03. The van der Waals surface area contributed by atoms with E-state index in [9.17, 15) is 19.3 Å². The van der Waals surface area contributed by atoms with E-state index in [0.717, 1.165) is 24.8 Å². The predicted molar refractivity (Wildman–Crippen MR) is 144 cm³/mol. The summed E-state index contributed by atoms with van der Waals surface area (Å²) in [5.74, 6) is -1.01. The number of aromatic amines is 1. The second-order valence-electron chi connectivity index (χ2n) is 9.86. The molecule has 40 heavy (non-hydrogen) atoms. The Balaban J connectivity index is 1.40. The first-order valence-corrected chi connectivity index (χ1v) is 14.4. The van der Waals surface area contributed by atoms with Crippen LogP contribution in [0.25, 0.3) is 17.4 Å². The second-order valence-corrected chi connectivity index (χ2v) is 11.6. The van der Waals surface area contributed by atoms with Crippen LogP contribution in [0.3, 0.4) is 0 Å². The molecule has 0 spiro atoms. The number of hydrogen-bond acceptors (Lipinski definition) is 10. The molecule has 3 heterocycles. The molecular weight excluding hydrogens is 543 g/mol. The molecule has 1 unspecified atom stereocenters. The number of carboxylic acids is 1. The maximum absolute atomic E-state index is 13.8. The van der Waals surface area contributed by atoms with Gasteiger partial charge in [0.05, 0.1) is 13.2 Å². The van der Waals surface area contributed by atoms with Crippen LogP contribution in [0.15, 0.2) is 47.0 Å². The van der Waals surface area contributed by atoms with Crippen molar-refractivity contribution in [1.29, 1.82) is 0 Å². The third kappa shape index (κ3) is 6.43. The molecule has 14 nitrogen and oxygen atoms in total. The number of benzene rings is 1. The smallest absolute Gasteiger partial charge is 0.459 e. The average Bonchev–Trinajstić information content (AvgIpc) is 3.46. The maximum atomic E-state index is 13.8. The van der Waals surface area contributed by atoms with Gasteiger partial charge >= 0.3 is 13.7 Å². The van der Waals surface area contributed by atoms with Gasteiger partial charge < -0.3 is 24.8 Å². The van der Waals surface area contributed by atoms with E-state index >= 15 is 0 Å². The van der Waals surface area contributed by atoms with Crippen molar-refractivity contribution < 1.29 is 33.0 Å². The maximum Gasteiger partial charge on any atom is 0.459 e. The highest BCUT2D eigenvalue weighted by molar-refractivity contribution is 7.52. The first kappa shape index (κ1) is 28.0. The van der Waals surface area contributed by atoms with Crippen LogP contribution < -0.4 is 20.9 Å². The SMILES string of the molecule is C[C@H](N[P@](=O)(OC[C@@]1(COC2CCCCO2)C/C1=C/n1cnc2c(=O)[nH]c(N)nc21)Oc1ccccc1)C(=O)O. The Hall–Kier alpha value is -3.55. The van der Waals surface area contributed by atoms with Crippen LogP contribution in [-0.2, 0) is 23.4 Å². The Morgan fingerprint density at radius 3 is 2.90 bits per heavy atom. The van der Waals surface area contributed by atoms with Gasteiger partial charge in [0.1, 0.15) is 18.1 Å². The van der Waals surface area contributed by atoms with Crippen LogP contribution in [0.1, 0.15) is 32.6 Å². The molecule has 1 aliphatic heterocycles. The van der Waals surface area contributed by atoms with Gasteiger partial charge in [-0.25, -0.2) is 9.55 Å². The van der Waals surface area contributed by atoms with Gasteiger partial charge in [0, 0.05) is 18.2 Å². The van der Waals surface area contributed by atoms with Gasteiger partial charge in [0.15, 0.2) is 17.5 Å². The summed E-state index contributed by atoms with van der Waals surface area (Å²) in [5, 5.41) is 11.9. The van der Waals surface area contributed by atoms with Crippen LogP contribution >= 0.6 is 7.75 Å². The molecule has 214 valence electrons. The summed E-state index contributed by atoms with van der Waals surface area (Å²) in [6, 6.07) is 7.14. The number of carboxylic acid groups (broad SMARTS) is 1. The fraction of sp³-hybridized carbons (Fsp3) is 0.440. The molecule has 15 heteroatoms. The molecule has 5 N–H and O–H groups in total. The number of carbonyl (C=O) groups is 1. The van der Waals surface area contributed by atoms with Crippen LogP contribution in [0, 0.1) is 5.41 Å². The summed E-state index contributed by atoms with van der Waals surface area (Å²) in [7, 11) is -4.15. The molecule has 1 aliphatic carbocycles. The number of nitrogens with two attached hydrogens (primary N) is 1. The number of rotatable bonds is 12. The molecule has 0 radical (unpaired) electrons. The molecule has 2 aromatic heterocycles. The molecule has 2 fully saturated rings. The summed E-state index contributed by atoms with van der Waals surface area (Å²) in [4.78, 5) is 34.5. The van der Waals surface area contributed by atoms with E-state index in [0.29, 0.717) is 13.0 Å². The minimum Gasteiger partial charge on any atom is -0.480 e. The zero-order valence-corrected chi connectivity index (χ0v) is 22.7. The zero-order chi connectivity index (χ0) is 28.3. The third-order valence-corrected chi connectivity index (χ3v) is 8.34. The summed E-state index contributed by atoms with van der Waals surface area (Å²) in [6.07, 6.45) is 6.03. The minimum atomic E-state index is -4.15. The number of hydrogen-bond donors (Lipinski definition) is 4. The van der Waals surface area contributed by atoms with Crippen molar-refractivity contribution >= 4 is 37.0 Å². The molecule has 3 aromatic rings. The quantitative estimate of drug-likeness (QED) is 0.232. The van der Waals surface area contributed by atoms with Crippen molar-refractivity contribution in [3.63, 3.8) is 0 Å². The van der Waals surface area contributed by atoms with Crippen LogP contribution in [0.5, 0.6) is 5.75 Å². The van der Waals surface area contributed by atoms with E-state index in [1.807, 2.05) is 0 Å². The predicted octanol–water partition coefficient (Wildman–Crippen LogP) is 2.74. The second kappa shape index (κ2) is 11.5. The van der Waals surface area contributed by atoms with E-state index in [1.165, 1.54) is 13.3 Å². The van der Waals surface area contributed by atoms with E-state index in [2.05, 4.69) is 20.0 Å². The molecule has 4 atom stereocenters. The van der Waals surface area contributed by atoms with Gasteiger partial charge in [-0.1, -0.05) is 18.2 Å². The number of anilines is 1. The number of nitrogens with one attached hydrogen (secondary N) is 2. The van der Waals surface area contributed by atoms with Crippen molar-refractivity contribution in [3.8, 4) is 5.75 Å². The number of H-pyrrole nitrogens is 1. The third-order valence-electron chi connectivity index (χ3n) is 6.72. The highest BCUT2D eigenvalue weighted by atomic mass is 31.2. The lowest BCUT2D eigenvalue weighted by atomic mass is 10.1. The molecule has 5 rings (SSSR count). The minimum absolute atomic E-state index is 0.0431. The highest BCUT2D eigenvalue weighted by Gasteiger charge is 2.52. The first-order valence-electron chi connectivity index (χ1n) is 12.8. The monoisotopic (exact) mass is 574 g/mol. The molecule has 1 aromatic carbocycles. The molecule has 1 saturated heterocycles. The lowest BCUT2D eigenvalue weighted by Crippen LogP contribution is -2.34. The molecule has 0 bridgehead atoms. The molecule has 2 aliphatic rings. The van der Waals surface area contributed by atoms with Crippen molar-refractivity contribution in [3.05, 3.63) is 52.6 Å². The van der Waals surface area contributed by atoms with Crippen LogP contribution in [0.4, 0.5) is 5.95 Å². The van der Waals surface area contributed by atoms with Crippen molar-refractivity contribution in [2.75, 3.05) is 25.6 Å². The average molecular weight is 575 g/mol. The van der Waals surface area contributed by atoms with Gasteiger partial charge in [-0.15, -0.1) is 0 Å². The van der Waals surface area contributed by atoms with Gasteiger partial charge in [-0.2, -0.15) is 10.1 Å². The number of nitrogen functional groups attached to an aromatic ring is 1. The van der Waals surface area contributed by atoms with Gasteiger partial charge in [0.25, 0.3) is 5.56 Å². The lowest BCUT2D eigenvalue weighted by Gasteiger charge is -2.27. The zero-order valence-electron chi connectivity index (χ0n) is 21.8. The number of aliphatic carboxylic acids is 1. The normalized spacial score (nSPS) is 24.0. The Morgan fingerprint density at radius 2 is 2.17 bits per heavy atom.